The van der Waals surface area contributed by atoms with Gasteiger partial charge in [0.25, 0.3) is 0 Å². The zero-order valence-corrected chi connectivity index (χ0v) is 19.4. The number of thioether (sulfide) groups is 1. The first kappa shape index (κ1) is 22.6. The van der Waals surface area contributed by atoms with Crippen molar-refractivity contribution in [2.75, 3.05) is 11.1 Å². The number of amides is 1. The molecule has 6 nitrogen and oxygen atoms in total. The van der Waals surface area contributed by atoms with Gasteiger partial charge < -0.3 is 10.6 Å². The number of benzene rings is 3. The molecule has 0 atom stereocenters. The molecule has 2 N–H and O–H groups in total. The summed E-state index contributed by atoms with van der Waals surface area (Å²) < 4.78 is 2.05. The van der Waals surface area contributed by atoms with Crippen LogP contribution in [0.5, 0.6) is 0 Å². The first-order valence-corrected chi connectivity index (χ1v) is 11.9. The van der Waals surface area contributed by atoms with E-state index in [0.29, 0.717) is 25.3 Å². The van der Waals surface area contributed by atoms with E-state index in [1.807, 2.05) is 65.2 Å². The monoisotopic (exact) mass is 457 g/mol. The van der Waals surface area contributed by atoms with Crippen LogP contribution < -0.4 is 10.6 Å². The maximum atomic E-state index is 12.3. The molecule has 0 saturated carbocycles. The van der Waals surface area contributed by atoms with Gasteiger partial charge in [-0.05, 0) is 36.8 Å². The van der Waals surface area contributed by atoms with Gasteiger partial charge in [0, 0.05) is 30.1 Å². The van der Waals surface area contributed by atoms with Crippen molar-refractivity contribution in [2.45, 2.75) is 31.6 Å². The van der Waals surface area contributed by atoms with Crippen LogP contribution >= 0.6 is 11.8 Å². The number of para-hydroxylation sites is 1. The summed E-state index contributed by atoms with van der Waals surface area (Å²) in [6, 6.07) is 28.2. The molecule has 1 aromatic heterocycles. The van der Waals surface area contributed by atoms with E-state index in [9.17, 15) is 4.79 Å². The number of anilines is 1. The number of carbonyl (C=O) groups excluding carboxylic acids is 1. The first-order chi connectivity index (χ1) is 16.2. The average Bonchev–Trinajstić information content (AvgIpc) is 3.26. The van der Waals surface area contributed by atoms with Gasteiger partial charge in [0.2, 0.25) is 5.91 Å². The Labute approximate surface area is 198 Å². The summed E-state index contributed by atoms with van der Waals surface area (Å²) in [5.74, 6) is 1.47. The molecule has 0 spiro atoms. The fraction of sp³-hybridized carbons (Fsp3) is 0.192. The molecule has 7 heteroatoms. The van der Waals surface area contributed by atoms with Gasteiger partial charge in [-0.1, -0.05) is 78.0 Å². The molecule has 0 unspecified atom stereocenters. The van der Waals surface area contributed by atoms with Crippen molar-refractivity contribution in [1.29, 1.82) is 0 Å². The topological polar surface area (TPSA) is 71.8 Å². The summed E-state index contributed by atoms with van der Waals surface area (Å²) >= 11 is 1.54. The molecule has 1 heterocycles. The van der Waals surface area contributed by atoms with Crippen LogP contribution in [0.15, 0.2) is 90.1 Å². The van der Waals surface area contributed by atoms with Crippen LogP contribution in [-0.2, 0) is 17.9 Å². The highest BCUT2D eigenvalue weighted by Crippen LogP contribution is 2.23. The SMILES string of the molecule is Cc1ccc(NCc2nnc(SCCC(=O)NCc3ccccc3)n2-c2ccccc2)cc1. The van der Waals surface area contributed by atoms with Crippen LogP contribution in [0.25, 0.3) is 5.69 Å². The Balaban J connectivity index is 1.38. The van der Waals surface area contributed by atoms with Crippen molar-refractivity contribution in [1.82, 2.24) is 20.1 Å². The summed E-state index contributed by atoms with van der Waals surface area (Å²) in [6.45, 7) is 3.16. The highest BCUT2D eigenvalue weighted by atomic mass is 32.2. The molecule has 0 radical (unpaired) electrons. The normalized spacial score (nSPS) is 10.7. The third-order valence-electron chi connectivity index (χ3n) is 5.11. The number of aryl methyl sites for hydroxylation is 1. The number of aromatic nitrogens is 3. The van der Waals surface area contributed by atoms with Gasteiger partial charge in [0.05, 0.1) is 6.54 Å². The minimum absolute atomic E-state index is 0.0263. The number of rotatable bonds is 10. The standard InChI is InChI=1S/C26H27N5OS/c1-20-12-14-22(15-13-20)27-19-24-29-30-26(31(24)23-10-6-3-7-11-23)33-17-16-25(32)28-18-21-8-4-2-5-9-21/h2-15,27H,16-19H2,1H3,(H,28,32). The van der Waals surface area contributed by atoms with E-state index in [0.717, 1.165) is 27.9 Å². The van der Waals surface area contributed by atoms with Gasteiger partial charge in [0.15, 0.2) is 11.0 Å². The van der Waals surface area contributed by atoms with Crippen molar-refractivity contribution in [3.05, 3.63) is 102 Å². The largest absolute Gasteiger partial charge is 0.378 e. The zero-order chi connectivity index (χ0) is 22.9. The second kappa shape index (κ2) is 11.3. The molecule has 4 rings (SSSR count). The Morgan fingerprint density at radius 3 is 2.30 bits per heavy atom. The molecule has 1 amide bonds. The van der Waals surface area contributed by atoms with Gasteiger partial charge in [-0.25, -0.2) is 0 Å². The second-order valence-electron chi connectivity index (χ2n) is 7.65. The molecule has 0 bridgehead atoms. The first-order valence-electron chi connectivity index (χ1n) is 10.9. The number of nitrogens with one attached hydrogen (secondary N) is 2. The van der Waals surface area contributed by atoms with E-state index in [2.05, 4.69) is 52.0 Å². The maximum absolute atomic E-state index is 12.3. The van der Waals surface area contributed by atoms with Crippen LogP contribution in [0.3, 0.4) is 0 Å². The third kappa shape index (κ3) is 6.46. The molecule has 0 aliphatic rings. The molecule has 0 saturated heterocycles. The van der Waals surface area contributed by atoms with Gasteiger partial charge in [-0.15, -0.1) is 10.2 Å². The number of hydrogen-bond acceptors (Lipinski definition) is 5. The van der Waals surface area contributed by atoms with Crippen LogP contribution in [0.4, 0.5) is 5.69 Å². The molecule has 0 aliphatic heterocycles. The Bertz CT molecular complexity index is 1160. The molecule has 0 fully saturated rings. The van der Waals surface area contributed by atoms with Gasteiger partial charge in [-0.3, -0.25) is 9.36 Å². The molecule has 3 aromatic carbocycles. The Morgan fingerprint density at radius 1 is 0.879 bits per heavy atom. The molecular weight excluding hydrogens is 430 g/mol. The van der Waals surface area contributed by atoms with Crippen molar-refractivity contribution in [3.8, 4) is 5.69 Å². The number of hydrogen-bond donors (Lipinski definition) is 2. The Morgan fingerprint density at radius 2 is 1.58 bits per heavy atom. The lowest BCUT2D eigenvalue weighted by atomic mass is 10.2. The minimum Gasteiger partial charge on any atom is -0.378 e. The van der Waals surface area contributed by atoms with Crippen LogP contribution in [0, 0.1) is 6.92 Å². The quantitative estimate of drug-likeness (QED) is 0.329. The lowest BCUT2D eigenvalue weighted by Crippen LogP contribution is -2.23. The average molecular weight is 458 g/mol. The van der Waals surface area contributed by atoms with Gasteiger partial charge >= 0.3 is 0 Å². The molecule has 0 aliphatic carbocycles. The summed E-state index contributed by atoms with van der Waals surface area (Å²) in [6.07, 6.45) is 0.413. The summed E-state index contributed by atoms with van der Waals surface area (Å²) in [5, 5.41) is 16.0. The van der Waals surface area contributed by atoms with Crippen LogP contribution in [-0.4, -0.2) is 26.4 Å². The summed E-state index contributed by atoms with van der Waals surface area (Å²) in [7, 11) is 0. The highest BCUT2D eigenvalue weighted by Gasteiger charge is 2.15. The van der Waals surface area contributed by atoms with Crippen molar-refractivity contribution >= 4 is 23.4 Å². The number of carbonyl (C=O) groups is 1. The van der Waals surface area contributed by atoms with Crippen LogP contribution in [0.1, 0.15) is 23.4 Å². The molecule has 33 heavy (non-hydrogen) atoms. The van der Waals surface area contributed by atoms with E-state index in [4.69, 9.17) is 0 Å². The van der Waals surface area contributed by atoms with Crippen molar-refractivity contribution in [2.24, 2.45) is 0 Å². The van der Waals surface area contributed by atoms with Crippen molar-refractivity contribution < 1.29 is 4.79 Å². The highest BCUT2D eigenvalue weighted by molar-refractivity contribution is 7.99. The smallest absolute Gasteiger partial charge is 0.221 e. The van der Waals surface area contributed by atoms with E-state index in [1.165, 1.54) is 17.3 Å². The zero-order valence-electron chi connectivity index (χ0n) is 18.6. The van der Waals surface area contributed by atoms with E-state index in [1.54, 1.807) is 0 Å². The lowest BCUT2D eigenvalue weighted by Gasteiger charge is -2.11. The van der Waals surface area contributed by atoms with Crippen LogP contribution in [0.2, 0.25) is 0 Å². The van der Waals surface area contributed by atoms with E-state index >= 15 is 0 Å². The van der Waals surface area contributed by atoms with Gasteiger partial charge in [-0.2, -0.15) is 0 Å². The van der Waals surface area contributed by atoms with Gasteiger partial charge in [0.1, 0.15) is 0 Å². The third-order valence-corrected chi connectivity index (χ3v) is 6.04. The van der Waals surface area contributed by atoms with E-state index < -0.39 is 0 Å². The lowest BCUT2D eigenvalue weighted by molar-refractivity contribution is -0.120. The van der Waals surface area contributed by atoms with Crippen molar-refractivity contribution in [3.63, 3.8) is 0 Å². The fourth-order valence-electron chi connectivity index (χ4n) is 3.32. The second-order valence-corrected chi connectivity index (χ2v) is 8.71. The maximum Gasteiger partial charge on any atom is 0.221 e. The summed E-state index contributed by atoms with van der Waals surface area (Å²) in [4.78, 5) is 12.3. The van der Waals surface area contributed by atoms with E-state index in [-0.39, 0.29) is 5.91 Å². The number of nitrogens with zero attached hydrogens (tertiary/aromatic N) is 3. The fourth-order valence-corrected chi connectivity index (χ4v) is 4.23. The Hall–Kier alpha value is -3.58. The predicted molar refractivity (Wildman–Crippen MR) is 133 cm³/mol. The predicted octanol–water partition coefficient (Wildman–Crippen LogP) is 4.99. The minimum atomic E-state index is 0.0263. The summed E-state index contributed by atoms with van der Waals surface area (Å²) in [5.41, 5.74) is 4.35. The Kier molecular flexibility index (Phi) is 7.76. The molecule has 4 aromatic rings. The molecule has 168 valence electrons. The molecular formula is C26H27N5OS.